The number of hydrogen-bond donors (Lipinski definition) is 1. The summed E-state index contributed by atoms with van der Waals surface area (Å²) in [5, 5.41) is 0. The molecule has 1 aromatic heterocycles. The standard InChI is InChI=1S/C15H20F3N3O2/c1-10(19)11-4-3-7-21(8-11)14(22)13-12(5-2-6-20-13)23-9-15(16,17)18/h2,5-6,10-11H,3-4,7-9,19H2,1H3/t10-,11-/m1/s1. The summed E-state index contributed by atoms with van der Waals surface area (Å²) in [7, 11) is 0. The molecule has 5 nitrogen and oxygen atoms in total. The van der Waals surface area contributed by atoms with Crippen LogP contribution in [0.15, 0.2) is 18.3 Å². The van der Waals surface area contributed by atoms with Gasteiger partial charge < -0.3 is 15.4 Å². The molecule has 0 spiro atoms. The van der Waals surface area contributed by atoms with Gasteiger partial charge in [0.1, 0.15) is 0 Å². The molecule has 1 aromatic rings. The van der Waals surface area contributed by atoms with Gasteiger partial charge in [0, 0.05) is 25.3 Å². The van der Waals surface area contributed by atoms with E-state index in [4.69, 9.17) is 10.5 Å². The SMILES string of the molecule is C[C@@H](N)[C@@H]1CCCN(C(=O)c2ncccc2OCC(F)(F)F)C1. The molecule has 2 rings (SSSR count). The predicted molar refractivity (Wildman–Crippen MR) is 78.1 cm³/mol. The van der Waals surface area contributed by atoms with Crippen molar-refractivity contribution in [2.75, 3.05) is 19.7 Å². The van der Waals surface area contributed by atoms with E-state index in [1.54, 1.807) is 4.90 Å². The molecule has 2 atom stereocenters. The summed E-state index contributed by atoms with van der Waals surface area (Å²) in [4.78, 5) is 18.1. The van der Waals surface area contributed by atoms with Gasteiger partial charge in [-0.15, -0.1) is 0 Å². The highest BCUT2D eigenvalue weighted by Gasteiger charge is 2.31. The minimum absolute atomic E-state index is 0.0460. The van der Waals surface area contributed by atoms with Gasteiger partial charge in [0.05, 0.1) is 0 Å². The molecule has 23 heavy (non-hydrogen) atoms. The van der Waals surface area contributed by atoms with E-state index in [1.807, 2.05) is 6.92 Å². The minimum Gasteiger partial charge on any atom is -0.482 e. The van der Waals surface area contributed by atoms with Gasteiger partial charge in [-0.1, -0.05) is 0 Å². The average molecular weight is 331 g/mol. The largest absolute Gasteiger partial charge is 0.482 e. The zero-order valence-electron chi connectivity index (χ0n) is 12.8. The maximum atomic E-state index is 12.6. The highest BCUT2D eigenvalue weighted by atomic mass is 19.4. The van der Waals surface area contributed by atoms with Crippen molar-refractivity contribution in [3.63, 3.8) is 0 Å². The van der Waals surface area contributed by atoms with E-state index < -0.39 is 18.7 Å². The monoisotopic (exact) mass is 331 g/mol. The number of hydrogen-bond acceptors (Lipinski definition) is 4. The fourth-order valence-electron chi connectivity index (χ4n) is 2.60. The van der Waals surface area contributed by atoms with Crippen molar-refractivity contribution >= 4 is 5.91 Å². The smallest absolute Gasteiger partial charge is 0.422 e. The van der Waals surface area contributed by atoms with E-state index in [9.17, 15) is 18.0 Å². The number of piperidine rings is 1. The summed E-state index contributed by atoms with van der Waals surface area (Å²) in [6, 6.07) is 2.71. The topological polar surface area (TPSA) is 68.5 Å². The van der Waals surface area contributed by atoms with E-state index >= 15 is 0 Å². The van der Waals surface area contributed by atoms with Crippen LogP contribution in [0, 0.1) is 5.92 Å². The second kappa shape index (κ2) is 7.16. The summed E-state index contributed by atoms with van der Waals surface area (Å²) in [5.41, 5.74) is 5.80. The summed E-state index contributed by atoms with van der Waals surface area (Å²) >= 11 is 0. The van der Waals surface area contributed by atoms with E-state index in [-0.39, 0.29) is 23.4 Å². The van der Waals surface area contributed by atoms with Crippen LogP contribution >= 0.6 is 0 Å². The van der Waals surface area contributed by atoms with Crippen molar-refractivity contribution < 1.29 is 22.7 Å². The number of amides is 1. The fraction of sp³-hybridized carbons (Fsp3) is 0.600. The number of ether oxygens (including phenoxy) is 1. The molecule has 1 fully saturated rings. The fourth-order valence-corrected chi connectivity index (χ4v) is 2.60. The Morgan fingerprint density at radius 2 is 2.30 bits per heavy atom. The van der Waals surface area contributed by atoms with E-state index in [1.165, 1.54) is 18.3 Å². The predicted octanol–water partition coefficient (Wildman–Crippen LogP) is 2.22. The average Bonchev–Trinajstić information content (AvgIpc) is 2.52. The number of halogens is 3. The number of likely N-dealkylation sites (tertiary alicyclic amines) is 1. The van der Waals surface area contributed by atoms with Gasteiger partial charge in [-0.05, 0) is 37.8 Å². The molecule has 1 saturated heterocycles. The Balaban J connectivity index is 2.12. The molecule has 1 aliphatic rings. The van der Waals surface area contributed by atoms with Crippen LogP contribution in [0.5, 0.6) is 5.75 Å². The van der Waals surface area contributed by atoms with Gasteiger partial charge >= 0.3 is 6.18 Å². The molecule has 1 amide bonds. The quantitative estimate of drug-likeness (QED) is 0.918. The van der Waals surface area contributed by atoms with Gasteiger partial charge in [0.15, 0.2) is 18.1 Å². The molecule has 0 aliphatic carbocycles. The lowest BCUT2D eigenvalue weighted by Gasteiger charge is -2.34. The van der Waals surface area contributed by atoms with Gasteiger partial charge in [0.25, 0.3) is 5.91 Å². The summed E-state index contributed by atoms with van der Waals surface area (Å²) < 4.78 is 41.7. The van der Waals surface area contributed by atoms with Crippen LogP contribution in [-0.2, 0) is 0 Å². The van der Waals surface area contributed by atoms with Crippen molar-refractivity contribution in [3.8, 4) is 5.75 Å². The third-order valence-electron chi connectivity index (χ3n) is 3.85. The molecule has 0 bridgehead atoms. The highest BCUT2D eigenvalue weighted by molar-refractivity contribution is 5.95. The molecule has 0 saturated carbocycles. The zero-order chi connectivity index (χ0) is 17.0. The molecule has 2 N–H and O–H groups in total. The third kappa shape index (κ3) is 4.82. The molecule has 8 heteroatoms. The van der Waals surface area contributed by atoms with Crippen LogP contribution in [-0.4, -0.2) is 47.7 Å². The second-order valence-electron chi connectivity index (χ2n) is 5.77. The lowest BCUT2D eigenvalue weighted by Crippen LogP contribution is -2.45. The number of alkyl halides is 3. The summed E-state index contributed by atoms with van der Waals surface area (Å²) in [6.45, 7) is 1.45. The van der Waals surface area contributed by atoms with Crippen molar-refractivity contribution in [1.82, 2.24) is 9.88 Å². The maximum Gasteiger partial charge on any atom is 0.422 e. The van der Waals surface area contributed by atoms with Crippen LogP contribution in [0.2, 0.25) is 0 Å². The first-order valence-electron chi connectivity index (χ1n) is 7.47. The van der Waals surface area contributed by atoms with Crippen molar-refractivity contribution in [1.29, 1.82) is 0 Å². The van der Waals surface area contributed by atoms with Crippen LogP contribution < -0.4 is 10.5 Å². The van der Waals surface area contributed by atoms with Crippen LogP contribution in [0.25, 0.3) is 0 Å². The first-order valence-corrected chi connectivity index (χ1v) is 7.47. The molecule has 2 heterocycles. The normalized spacial score (nSPS) is 20.2. The number of rotatable bonds is 4. The Morgan fingerprint density at radius 3 is 2.96 bits per heavy atom. The Morgan fingerprint density at radius 1 is 1.57 bits per heavy atom. The first-order chi connectivity index (χ1) is 10.8. The lowest BCUT2D eigenvalue weighted by atomic mass is 9.92. The summed E-state index contributed by atoms with van der Waals surface area (Å²) in [6.07, 6.45) is -1.37. The van der Waals surface area contributed by atoms with E-state index in [0.717, 1.165) is 12.8 Å². The van der Waals surface area contributed by atoms with Crippen molar-refractivity contribution in [3.05, 3.63) is 24.0 Å². The second-order valence-corrected chi connectivity index (χ2v) is 5.77. The van der Waals surface area contributed by atoms with Gasteiger partial charge in [-0.25, -0.2) is 4.98 Å². The molecular formula is C15H20F3N3O2. The maximum absolute atomic E-state index is 12.6. The number of pyridine rings is 1. The molecule has 0 aromatic carbocycles. The van der Waals surface area contributed by atoms with Gasteiger partial charge in [-0.3, -0.25) is 4.79 Å². The molecule has 0 radical (unpaired) electrons. The lowest BCUT2D eigenvalue weighted by molar-refractivity contribution is -0.153. The molecular weight excluding hydrogens is 311 g/mol. The van der Waals surface area contributed by atoms with Crippen LogP contribution in [0.3, 0.4) is 0 Å². The molecule has 128 valence electrons. The third-order valence-corrected chi connectivity index (χ3v) is 3.85. The Kier molecular flexibility index (Phi) is 5.46. The Hall–Kier alpha value is -1.83. The number of carbonyl (C=O) groups excluding carboxylic acids is 1. The van der Waals surface area contributed by atoms with E-state index in [0.29, 0.717) is 13.1 Å². The zero-order valence-corrected chi connectivity index (χ0v) is 12.8. The van der Waals surface area contributed by atoms with Crippen LogP contribution in [0.1, 0.15) is 30.3 Å². The van der Waals surface area contributed by atoms with Gasteiger partial charge in [-0.2, -0.15) is 13.2 Å². The number of nitrogens with two attached hydrogens (primary N) is 1. The number of nitrogens with zero attached hydrogens (tertiary/aromatic N) is 2. The highest BCUT2D eigenvalue weighted by Crippen LogP contribution is 2.25. The number of aromatic nitrogens is 1. The first kappa shape index (κ1) is 17.5. The minimum atomic E-state index is -4.47. The van der Waals surface area contributed by atoms with Gasteiger partial charge in [0.2, 0.25) is 0 Å². The van der Waals surface area contributed by atoms with Crippen molar-refractivity contribution in [2.24, 2.45) is 11.7 Å². The van der Waals surface area contributed by atoms with Crippen molar-refractivity contribution in [2.45, 2.75) is 32.0 Å². The number of carbonyl (C=O) groups is 1. The van der Waals surface area contributed by atoms with Crippen LogP contribution in [0.4, 0.5) is 13.2 Å². The molecule has 1 aliphatic heterocycles. The van der Waals surface area contributed by atoms with E-state index in [2.05, 4.69) is 4.98 Å². The molecule has 0 unspecified atom stereocenters. The Labute approximate surface area is 132 Å². The Bertz CT molecular complexity index is 549. The summed E-state index contributed by atoms with van der Waals surface area (Å²) in [5.74, 6) is -0.401.